The van der Waals surface area contributed by atoms with Gasteiger partial charge in [0.2, 0.25) is 0 Å². The number of alkyl halides is 3. The summed E-state index contributed by atoms with van der Waals surface area (Å²) in [4.78, 5) is 12.0. The number of halogens is 3. The second-order valence-corrected chi connectivity index (χ2v) is 5.71. The maximum absolute atomic E-state index is 13.2. The van der Waals surface area contributed by atoms with Crippen LogP contribution in [0.2, 0.25) is 0 Å². The van der Waals surface area contributed by atoms with Gasteiger partial charge in [-0.05, 0) is 38.1 Å². The van der Waals surface area contributed by atoms with Crippen molar-refractivity contribution in [1.82, 2.24) is 5.32 Å². The molecule has 1 aliphatic carbocycles. The molecular weight excluding hydrogens is 259 g/mol. The van der Waals surface area contributed by atoms with Crippen LogP contribution >= 0.6 is 0 Å². The molecule has 6 heteroatoms. The Morgan fingerprint density at radius 3 is 2.53 bits per heavy atom. The highest BCUT2D eigenvalue weighted by molar-refractivity contribution is 5.79. The van der Waals surface area contributed by atoms with E-state index >= 15 is 0 Å². The quantitative estimate of drug-likeness (QED) is 0.790. The van der Waals surface area contributed by atoms with Gasteiger partial charge in [0.15, 0.2) is 5.41 Å². The molecule has 19 heavy (non-hydrogen) atoms. The smallest absolute Gasteiger partial charge is 0.406 e. The maximum Gasteiger partial charge on any atom is 0.406 e. The molecular formula is C13H20F3NO2. The Balaban J connectivity index is 2.08. The third-order valence-electron chi connectivity index (χ3n) is 4.38. The summed E-state index contributed by atoms with van der Waals surface area (Å²) in [7, 11) is 0. The van der Waals surface area contributed by atoms with Gasteiger partial charge in [-0.15, -0.1) is 0 Å². The molecule has 1 heterocycles. The van der Waals surface area contributed by atoms with E-state index in [1.807, 2.05) is 6.92 Å². The molecule has 110 valence electrons. The minimum absolute atomic E-state index is 0.150. The lowest BCUT2D eigenvalue weighted by Gasteiger charge is -2.34. The first kappa shape index (κ1) is 14.6. The second-order valence-electron chi connectivity index (χ2n) is 5.71. The van der Waals surface area contributed by atoms with Crippen LogP contribution in [0, 0.1) is 11.3 Å². The lowest BCUT2D eigenvalue weighted by atomic mass is 9.85. The van der Waals surface area contributed by atoms with Gasteiger partial charge in [-0.2, -0.15) is 13.2 Å². The highest BCUT2D eigenvalue weighted by Crippen LogP contribution is 2.44. The van der Waals surface area contributed by atoms with Crippen molar-refractivity contribution < 1.29 is 22.7 Å². The van der Waals surface area contributed by atoms with Crippen LogP contribution in [0.4, 0.5) is 13.2 Å². The van der Waals surface area contributed by atoms with Crippen molar-refractivity contribution in [2.75, 3.05) is 13.1 Å². The van der Waals surface area contributed by atoms with Crippen molar-refractivity contribution in [2.24, 2.45) is 11.3 Å². The van der Waals surface area contributed by atoms with Crippen LogP contribution in [0.15, 0.2) is 0 Å². The molecule has 1 saturated carbocycles. The van der Waals surface area contributed by atoms with E-state index in [4.69, 9.17) is 4.74 Å². The fourth-order valence-electron chi connectivity index (χ4n) is 2.93. The number of nitrogens with one attached hydrogen (secondary N) is 1. The Morgan fingerprint density at radius 1 is 1.32 bits per heavy atom. The van der Waals surface area contributed by atoms with Crippen molar-refractivity contribution in [1.29, 1.82) is 0 Å². The zero-order valence-corrected chi connectivity index (χ0v) is 11.1. The van der Waals surface area contributed by atoms with Crippen molar-refractivity contribution >= 4 is 5.97 Å². The van der Waals surface area contributed by atoms with Gasteiger partial charge in [0.1, 0.15) is 6.10 Å². The van der Waals surface area contributed by atoms with Gasteiger partial charge >= 0.3 is 12.1 Å². The van der Waals surface area contributed by atoms with Crippen molar-refractivity contribution in [3.8, 4) is 0 Å². The fourth-order valence-corrected chi connectivity index (χ4v) is 2.93. The van der Waals surface area contributed by atoms with E-state index in [-0.39, 0.29) is 31.5 Å². The van der Waals surface area contributed by atoms with E-state index in [2.05, 4.69) is 5.32 Å². The third kappa shape index (κ3) is 2.73. The molecule has 3 atom stereocenters. The van der Waals surface area contributed by atoms with Crippen LogP contribution in [-0.2, 0) is 9.53 Å². The summed E-state index contributed by atoms with van der Waals surface area (Å²) >= 11 is 0. The largest absolute Gasteiger partial charge is 0.461 e. The number of rotatable bonds is 2. The maximum atomic E-state index is 13.2. The number of carbonyl (C=O) groups excluding carboxylic acids is 1. The van der Waals surface area contributed by atoms with E-state index in [1.54, 1.807) is 0 Å². The molecule has 1 N–H and O–H groups in total. The molecule has 0 aromatic rings. The van der Waals surface area contributed by atoms with Crippen LogP contribution in [-0.4, -0.2) is 31.3 Å². The molecule has 2 aliphatic rings. The van der Waals surface area contributed by atoms with Crippen LogP contribution in [0.3, 0.4) is 0 Å². The van der Waals surface area contributed by atoms with Crippen molar-refractivity contribution in [3.63, 3.8) is 0 Å². The zero-order valence-electron chi connectivity index (χ0n) is 11.1. The van der Waals surface area contributed by atoms with Crippen molar-refractivity contribution in [2.45, 2.75) is 51.3 Å². The predicted octanol–water partition coefficient (Wildman–Crippen LogP) is 2.65. The minimum atomic E-state index is -4.55. The van der Waals surface area contributed by atoms with Gasteiger partial charge in [-0.1, -0.05) is 13.3 Å². The average molecular weight is 279 g/mol. The average Bonchev–Trinajstić information content (AvgIpc) is 2.82. The zero-order chi connectivity index (χ0) is 14.1. The Bertz CT molecular complexity index is 337. The van der Waals surface area contributed by atoms with Gasteiger partial charge in [0.05, 0.1) is 0 Å². The number of hydrogen-bond donors (Lipinski definition) is 1. The first-order valence-electron chi connectivity index (χ1n) is 6.85. The fraction of sp³-hybridized carbons (Fsp3) is 0.923. The molecule has 0 aromatic carbocycles. The van der Waals surface area contributed by atoms with Gasteiger partial charge < -0.3 is 10.1 Å². The Hall–Kier alpha value is -0.780. The lowest BCUT2D eigenvalue weighted by molar-refractivity contribution is -0.233. The highest BCUT2D eigenvalue weighted by atomic mass is 19.4. The summed E-state index contributed by atoms with van der Waals surface area (Å²) in [5, 5.41) is 2.63. The van der Waals surface area contributed by atoms with Crippen LogP contribution in [0.5, 0.6) is 0 Å². The van der Waals surface area contributed by atoms with E-state index in [9.17, 15) is 18.0 Å². The molecule has 3 nitrogen and oxygen atoms in total. The predicted molar refractivity (Wildman–Crippen MR) is 63.5 cm³/mol. The summed E-state index contributed by atoms with van der Waals surface area (Å²) in [6.07, 6.45) is -1.58. The number of carbonyl (C=O) groups is 1. The molecule has 1 aliphatic heterocycles. The van der Waals surface area contributed by atoms with Crippen LogP contribution in [0.25, 0.3) is 0 Å². The number of esters is 1. The summed E-state index contributed by atoms with van der Waals surface area (Å²) in [6.45, 7) is 1.77. The molecule has 0 radical (unpaired) electrons. The SMILES string of the molecule is CC1CCCCC1OC(=O)C1(C(F)(F)F)CCNC1. The number of hydrogen-bond acceptors (Lipinski definition) is 3. The third-order valence-corrected chi connectivity index (χ3v) is 4.38. The standard InChI is InChI=1S/C13H20F3NO2/c1-9-4-2-3-5-10(9)19-11(18)12(13(14,15)16)6-7-17-8-12/h9-10,17H,2-8H2,1H3. The first-order valence-corrected chi connectivity index (χ1v) is 6.85. The van der Waals surface area contributed by atoms with E-state index in [1.165, 1.54) is 0 Å². The van der Waals surface area contributed by atoms with Gasteiger partial charge in [0.25, 0.3) is 0 Å². The molecule has 0 bridgehead atoms. The van der Waals surface area contributed by atoms with E-state index in [0.717, 1.165) is 19.3 Å². The Morgan fingerprint density at radius 2 is 2.00 bits per heavy atom. The Labute approximate surface area is 110 Å². The summed E-state index contributed by atoms with van der Waals surface area (Å²) < 4.78 is 44.7. The van der Waals surface area contributed by atoms with E-state index < -0.39 is 17.6 Å². The normalized spacial score (nSPS) is 36.2. The molecule has 1 saturated heterocycles. The van der Waals surface area contributed by atoms with Crippen LogP contribution < -0.4 is 5.32 Å². The molecule has 2 rings (SSSR count). The highest BCUT2D eigenvalue weighted by Gasteiger charge is 2.63. The van der Waals surface area contributed by atoms with Gasteiger partial charge in [0, 0.05) is 6.54 Å². The van der Waals surface area contributed by atoms with Gasteiger partial charge in [-0.3, -0.25) is 4.79 Å². The summed E-state index contributed by atoms with van der Waals surface area (Å²) in [5.41, 5.74) is -2.34. The Kier molecular flexibility index (Phi) is 4.08. The molecule has 3 unspecified atom stereocenters. The monoisotopic (exact) mass is 279 g/mol. The number of ether oxygens (including phenoxy) is 1. The summed E-state index contributed by atoms with van der Waals surface area (Å²) in [5.74, 6) is -0.943. The van der Waals surface area contributed by atoms with Gasteiger partial charge in [-0.25, -0.2) is 0 Å². The lowest BCUT2D eigenvalue weighted by Crippen LogP contribution is -2.49. The second kappa shape index (κ2) is 5.31. The molecule has 0 aromatic heterocycles. The molecule has 0 amide bonds. The van der Waals surface area contributed by atoms with E-state index in [0.29, 0.717) is 6.42 Å². The van der Waals surface area contributed by atoms with Crippen LogP contribution in [0.1, 0.15) is 39.0 Å². The first-order chi connectivity index (χ1) is 8.87. The minimum Gasteiger partial charge on any atom is -0.461 e. The topological polar surface area (TPSA) is 38.3 Å². The van der Waals surface area contributed by atoms with Crippen molar-refractivity contribution in [3.05, 3.63) is 0 Å². The summed E-state index contributed by atoms with van der Waals surface area (Å²) in [6, 6.07) is 0. The molecule has 2 fully saturated rings. The molecule has 0 spiro atoms.